The van der Waals surface area contributed by atoms with Crippen molar-refractivity contribution >= 4 is 32.4 Å². The summed E-state index contributed by atoms with van der Waals surface area (Å²) in [6.45, 7) is 4.83. The Hall–Kier alpha value is -3.05. The lowest BCUT2D eigenvalue weighted by atomic mass is 10.0. The highest BCUT2D eigenvalue weighted by atomic mass is 32.2. The number of carbonyl (C=O) groups excluding carboxylic acids is 1. The maximum Gasteiger partial charge on any atom is 0.255 e. The van der Waals surface area contributed by atoms with Gasteiger partial charge in [0, 0.05) is 23.1 Å². The summed E-state index contributed by atoms with van der Waals surface area (Å²) in [4.78, 5) is 28.2. The van der Waals surface area contributed by atoms with Crippen molar-refractivity contribution in [2.45, 2.75) is 50.9 Å². The van der Waals surface area contributed by atoms with Gasteiger partial charge in [0.25, 0.3) is 5.91 Å². The maximum absolute atomic E-state index is 13.2. The van der Waals surface area contributed by atoms with Gasteiger partial charge in [-0.15, -0.1) is 11.3 Å². The Morgan fingerprint density at radius 2 is 2.06 bits per heavy atom. The fourth-order valence-electron chi connectivity index (χ4n) is 4.12. The van der Waals surface area contributed by atoms with E-state index in [0.717, 1.165) is 11.1 Å². The number of fused-ring (bicyclic) bond motifs is 1. The van der Waals surface area contributed by atoms with E-state index in [-0.39, 0.29) is 17.2 Å². The number of carbonyl (C=O) groups is 1. The molecule has 178 valence electrons. The highest BCUT2D eigenvalue weighted by Gasteiger charge is 2.37. The molecule has 1 atom stereocenters. The Morgan fingerprint density at radius 3 is 2.79 bits per heavy atom. The molecule has 1 amide bonds. The van der Waals surface area contributed by atoms with Crippen LogP contribution < -0.4 is 9.46 Å². The lowest BCUT2D eigenvalue weighted by molar-refractivity contribution is 0.0692. The first-order valence-electron chi connectivity index (χ1n) is 11.3. The van der Waals surface area contributed by atoms with Gasteiger partial charge >= 0.3 is 0 Å². The van der Waals surface area contributed by atoms with Crippen molar-refractivity contribution in [2.75, 3.05) is 11.3 Å². The normalized spacial score (nSPS) is 16.4. The highest BCUT2D eigenvalue weighted by Crippen LogP contribution is 2.37. The Labute approximate surface area is 202 Å². The number of sulfonamides is 1. The molecule has 2 aliphatic rings. The largest absolute Gasteiger partial charge is 0.477 e. The molecule has 5 rings (SSSR count). The number of hydrogen-bond acceptors (Lipinski definition) is 8. The van der Waals surface area contributed by atoms with Crippen LogP contribution in [0.2, 0.25) is 0 Å². The zero-order chi connectivity index (χ0) is 23.9. The van der Waals surface area contributed by atoms with Crippen LogP contribution in [0.4, 0.5) is 5.13 Å². The molecule has 11 heteroatoms. The van der Waals surface area contributed by atoms with Crippen LogP contribution in [-0.4, -0.2) is 46.0 Å². The molecule has 1 aromatic carbocycles. The van der Waals surface area contributed by atoms with Gasteiger partial charge in [0.05, 0.1) is 41.7 Å². The fraction of sp³-hybridized carbons (Fsp3) is 0.391. The van der Waals surface area contributed by atoms with Crippen molar-refractivity contribution in [1.29, 1.82) is 0 Å². The van der Waals surface area contributed by atoms with Gasteiger partial charge in [0.2, 0.25) is 15.9 Å². The topological polar surface area (TPSA) is 114 Å². The van der Waals surface area contributed by atoms with Crippen LogP contribution in [0, 0.1) is 0 Å². The van der Waals surface area contributed by atoms with Crippen LogP contribution in [0.25, 0.3) is 11.3 Å². The molecule has 9 nitrogen and oxygen atoms in total. The molecule has 2 aromatic heterocycles. The highest BCUT2D eigenvalue weighted by molar-refractivity contribution is 7.93. The minimum absolute atomic E-state index is 0.0596. The molecule has 1 saturated carbocycles. The first kappa shape index (κ1) is 22.7. The van der Waals surface area contributed by atoms with E-state index >= 15 is 0 Å². The second kappa shape index (κ2) is 8.95. The first-order chi connectivity index (χ1) is 16.4. The minimum Gasteiger partial charge on any atom is -0.477 e. The lowest BCUT2D eigenvalue weighted by Crippen LogP contribution is -2.29. The molecule has 1 N–H and O–H groups in total. The Bertz CT molecular complexity index is 1340. The van der Waals surface area contributed by atoms with E-state index in [1.807, 2.05) is 37.4 Å². The quantitative estimate of drug-likeness (QED) is 0.473. The van der Waals surface area contributed by atoms with Crippen LogP contribution in [0.15, 0.2) is 36.0 Å². The summed E-state index contributed by atoms with van der Waals surface area (Å²) in [6, 6.07) is 5.41. The average molecular weight is 500 g/mol. The second-order valence-electron chi connectivity index (χ2n) is 8.33. The third-order valence-electron chi connectivity index (χ3n) is 5.96. The van der Waals surface area contributed by atoms with Gasteiger partial charge < -0.3 is 9.64 Å². The molecule has 3 aromatic rings. The van der Waals surface area contributed by atoms with E-state index in [1.165, 1.54) is 11.3 Å². The van der Waals surface area contributed by atoms with E-state index in [9.17, 15) is 13.2 Å². The second-order valence-corrected chi connectivity index (χ2v) is 11.1. The van der Waals surface area contributed by atoms with E-state index in [4.69, 9.17) is 4.74 Å². The van der Waals surface area contributed by atoms with Gasteiger partial charge in [-0.05, 0) is 43.9 Å². The number of hydrogen-bond donors (Lipinski definition) is 1. The molecule has 0 saturated heterocycles. The molecule has 34 heavy (non-hydrogen) atoms. The molecule has 1 fully saturated rings. The molecule has 1 aliphatic heterocycles. The summed E-state index contributed by atoms with van der Waals surface area (Å²) < 4.78 is 32.5. The monoisotopic (exact) mass is 499 g/mol. The van der Waals surface area contributed by atoms with Crippen LogP contribution >= 0.6 is 11.3 Å². The van der Waals surface area contributed by atoms with Crippen molar-refractivity contribution < 1.29 is 17.9 Å². The van der Waals surface area contributed by atoms with E-state index in [1.54, 1.807) is 17.3 Å². The first-order valence-corrected chi connectivity index (χ1v) is 13.7. The number of nitrogens with one attached hydrogen (secondary N) is 1. The van der Waals surface area contributed by atoms with Gasteiger partial charge in [-0.25, -0.2) is 18.4 Å². The fourth-order valence-corrected chi connectivity index (χ4v) is 6.47. The number of anilines is 1. The molecule has 0 unspecified atom stereocenters. The standard InChI is InChI=1S/C23H25N5O4S2/c1-3-20(19-13-33-23(26-19)27-34(30,31)16-6-7-16)28-12-15-9-14(5-8-17(15)22(28)29)18-10-24-11-21(25-18)32-4-2/h5,8-11,13,16,20H,3-4,6-7,12H2,1-2H3,(H,26,27)/t20-/m0/s1. The van der Waals surface area contributed by atoms with Crippen LogP contribution in [-0.2, 0) is 16.6 Å². The molecule has 1 aliphatic carbocycles. The smallest absolute Gasteiger partial charge is 0.255 e. The van der Waals surface area contributed by atoms with Gasteiger partial charge in [-0.2, -0.15) is 0 Å². The molecule has 0 spiro atoms. The summed E-state index contributed by atoms with van der Waals surface area (Å²) in [6.07, 6.45) is 5.29. The zero-order valence-corrected chi connectivity index (χ0v) is 20.5. The maximum atomic E-state index is 13.2. The van der Waals surface area contributed by atoms with Crippen molar-refractivity contribution in [3.05, 3.63) is 52.8 Å². The summed E-state index contributed by atoms with van der Waals surface area (Å²) in [7, 11) is -3.37. The SMILES string of the molecule is CCOc1cncc(-c2ccc3c(c2)CN([C@@H](CC)c2csc(NS(=O)(=O)C4CC4)n2)C3=O)n1. The molecule has 0 radical (unpaired) electrons. The number of benzene rings is 1. The molecule has 0 bridgehead atoms. The number of nitrogens with zero attached hydrogens (tertiary/aromatic N) is 4. The van der Waals surface area contributed by atoms with Crippen LogP contribution in [0.3, 0.4) is 0 Å². The minimum atomic E-state index is -3.37. The third kappa shape index (κ3) is 4.37. The number of amides is 1. The van der Waals surface area contributed by atoms with Crippen LogP contribution in [0.1, 0.15) is 60.8 Å². The number of thiazole rings is 1. The third-order valence-corrected chi connectivity index (χ3v) is 8.69. The Kier molecular flexibility index (Phi) is 5.98. The van der Waals surface area contributed by atoms with Gasteiger partial charge in [-0.3, -0.25) is 14.5 Å². The predicted octanol–water partition coefficient (Wildman–Crippen LogP) is 4.01. The zero-order valence-electron chi connectivity index (χ0n) is 18.9. The molecular formula is C23H25N5O4S2. The van der Waals surface area contributed by atoms with Gasteiger partial charge in [0.15, 0.2) is 5.13 Å². The number of aromatic nitrogens is 3. The summed E-state index contributed by atoms with van der Waals surface area (Å²) >= 11 is 1.25. The van der Waals surface area contributed by atoms with E-state index < -0.39 is 10.0 Å². The van der Waals surface area contributed by atoms with E-state index in [2.05, 4.69) is 19.7 Å². The number of ether oxygens (including phenoxy) is 1. The summed E-state index contributed by atoms with van der Waals surface area (Å²) in [5.74, 6) is 0.400. The Balaban J connectivity index is 1.37. The van der Waals surface area contributed by atoms with Crippen molar-refractivity contribution in [3.63, 3.8) is 0 Å². The van der Waals surface area contributed by atoms with Gasteiger partial charge in [0.1, 0.15) is 0 Å². The summed E-state index contributed by atoms with van der Waals surface area (Å²) in [5.41, 5.74) is 3.80. The predicted molar refractivity (Wildman–Crippen MR) is 129 cm³/mol. The molecular weight excluding hydrogens is 474 g/mol. The summed E-state index contributed by atoms with van der Waals surface area (Å²) in [5, 5.41) is 1.86. The lowest BCUT2D eigenvalue weighted by Gasteiger charge is -2.25. The van der Waals surface area contributed by atoms with Crippen molar-refractivity contribution in [2.24, 2.45) is 0 Å². The average Bonchev–Trinajstić information content (AvgIpc) is 3.53. The van der Waals surface area contributed by atoms with Crippen molar-refractivity contribution in [3.8, 4) is 17.1 Å². The Morgan fingerprint density at radius 1 is 1.24 bits per heavy atom. The molecule has 3 heterocycles. The van der Waals surface area contributed by atoms with Gasteiger partial charge in [-0.1, -0.05) is 13.0 Å². The van der Waals surface area contributed by atoms with Crippen molar-refractivity contribution in [1.82, 2.24) is 19.9 Å². The number of rotatable bonds is 9. The van der Waals surface area contributed by atoms with Crippen LogP contribution in [0.5, 0.6) is 5.88 Å². The van der Waals surface area contributed by atoms with E-state index in [0.29, 0.717) is 60.4 Å².